The summed E-state index contributed by atoms with van der Waals surface area (Å²) < 4.78 is 44.8. The number of alkyl halides is 3. The van der Waals surface area contributed by atoms with Gasteiger partial charge in [0.05, 0.1) is 5.56 Å². The smallest absolute Gasteiger partial charge is 0.416 e. The minimum atomic E-state index is -4.42. The first-order chi connectivity index (χ1) is 12.1. The first-order valence-electron chi connectivity index (χ1n) is 8.22. The Morgan fingerprint density at radius 3 is 2.43 bits per heavy atom. The van der Waals surface area contributed by atoms with E-state index in [-0.39, 0.29) is 30.4 Å². The van der Waals surface area contributed by atoms with Crippen LogP contribution in [-0.4, -0.2) is 17.5 Å². The van der Waals surface area contributed by atoms with E-state index in [0.717, 1.165) is 6.07 Å². The van der Waals surface area contributed by atoms with Gasteiger partial charge in [0.15, 0.2) is 0 Å². The Morgan fingerprint density at radius 2 is 1.89 bits per heavy atom. The average molecular weight is 439 g/mol. The first kappa shape index (κ1) is 26.0. The predicted molar refractivity (Wildman–Crippen MR) is 108 cm³/mol. The number of rotatable bonds is 5. The molecule has 0 aliphatic carbocycles. The number of nitrogens with one attached hydrogen (secondary N) is 1. The van der Waals surface area contributed by atoms with E-state index in [1.807, 2.05) is 6.92 Å². The Hall–Kier alpha value is -1.99. The molecule has 0 amide bonds. The second-order valence-electron chi connectivity index (χ2n) is 5.95. The second kappa shape index (κ2) is 10.5. The number of aromatic nitrogens is 1. The van der Waals surface area contributed by atoms with E-state index in [9.17, 15) is 18.0 Å². The summed E-state index contributed by atoms with van der Waals surface area (Å²) in [6.45, 7) is 6.78. The van der Waals surface area contributed by atoms with Crippen LogP contribution in [0.3, 0.4) is 0 Å². The summed E-state index contributed by atoms with van der Waals surface area (Å²) in [6, 6.07) is 4.28. The monoisotopic (exact) mass is 438 g/mol. The fourth-order valence-electron chi connectivity index (χ4n) is 2.81. The van der Waals surface area contributed by atoms with E-state index in [1.165, 1.54) is 19.9 Å². The number of carbonyl (C=O) groups is 1. The highest BCUT2D eigenvalue weighted by Gasteiger charge is 2.33. The van der Waals surface area contributed by atoms with Gasteiger partial charge in [0, 0.05) is 48.2 Å². The van der Waals surface area contributed by atoms with Crippen LogP contribution in [0.1, 0.15) is 43.6 Å². The minimum absolute atomic E-state index is 0. The number of hydrogen-bond acceptors (Lipinski definition) is 4. The van der Waals surface area contributed by atoms with Crippen molar-refractivity contribution in [3.05, 3.63) is 47.3 Å². The Balaban J connectivity index is 0.00000364. The van der Waals surface area contributed by atoms with Crippen LogP contribution in [0, 0.1) is 6.92 Å². The van der Waals surface area contributed by atoms with Crippen molar-refractivity contribution in [3.8, 4) is 11.1 Å². The van der Waals surface area contributed by atoms with Crippen LogP contribution in [0.4, 0.5) is 18.9 Å². The zero-order valence-electron chi connectivity index (χ0n) is 15.9. The topological polar surface area (TPSA) is 51.2 Å². The van der Waals surface area contributed by atoms with Gasteiger partial charge in [0.1, 0.15) is 6.10 Å². The third kappa shape index (κ3) is 6.01. The number of hydrogen-bond donors (Lipinski definition) is 1. The molecule has 1 aromatic carbocycles. The molecule has 4 nitrogen and oxygen atoms in total. The molecule has 28 heavy (non-hydrogen) atoms. The van der Waals surface area contributed by atoms with Gasteiger partial charge in [-0.3, -0.25) is 9.78 Å². The van der Waals surface area contributed by atoms with Crippen molar-refractivity contribution < 1.29 is 22.7 Å². The number of carbonyl (C=O) groups excluding carboxylic acids is 1. The normalized spacial score (nSPS) is 11.7. The van der Waals surface area contributed by atoms with E-state index in [2.05, 4.69) is 10.3 Å². The van der Waals surface area contributed by atoms with Crippen LogP contribution in [0.25, 0.3) is 11.1 Å². The Labute approximate surface area is 174 Å². The highest BCUT2D eigenvalue weighted by molar-refractivity contribution is 5.85. The van der Waals surface area contributed by atoms with Crippen molar-refractivity contribution in [2.24, 2.45) is 0 Å². The first-order valence-corrected chi connectivity index (χ1v) is 8.22. The summed E-state index contributed by atoms with van der Waals surface area (Å²) in [5, 5.41) is 3.02. The van der Waals surface area contributed by atoms with E-state index < -0.39 is 23.8 Å². The van der Waals surface area contributed by atoms with Gasteiger partial charge in [-0.05, 0) is 38.5 Å². The van der Waals surface area contributed by atoms with Gasteiger partial charge in [-0.1, -0.05) is 6.07 Å². The third-order valence-corrected chi connectivity index (χ3v) is 4.01. The number of nitrogens with zero attached hydrogens (tertiary/aromatic N) is 1. The van der Waals surface area contributed by atoms with Gasteiger partial charge in [-0.15, -0.1) is 24.8 Å². The lowest BCUT2D eigenvalue weighted by Gasteiger charge is -2.19. The van der Waals surface area contributed by atoms with Crippen molar-refractivity contribution in [2.45, 2.75) is 40.0 Å². The molecule has 0 fully saturated rings. The SMILES string of the molecule is CCNc1c(-c2cncc(C(C)OC(C)=O)c2)ccc(C(F)(F)F)c1C.Cl.Cl. The molecule has 1 heterocycles. The van der Waals surface area contributed by atoms with E-state index in [0.29, 0.717) is 28.9 Å². The van der Waals surface area contributed by atoms with Gasteiger partial charge >= 0.3 is 12.1 Å². The van der Waals surface area contributed by atoms with E-state index in [4.69, 9.17) is 4.74 Å². The Morgan fingerprint density at radius 1 is 1.25 bits per heavy atom. The predicted octanol–water partition coefficient (Wildman–Crippen LogP) is 5.98. The fourth-order valence-corrected chi connectivity index (χ4v) is 2.81. The molecule has 0 bridgehead atoms. The lowest BCUT2D eigenvalue weighted by atomic mass is 9.96. The van der Waals surface area contributed by atoms with Gasteiger partial charge in [-0.25, -0.2) is 0 Å². The van der Waals surface area contributed by atoms with Crippen LogP contribution in [0.2, 0.25) is 0 Å². The summed E-state index contributed by atoms with van der Waals surface area (Å²) in [5.74, 6) is -0.415. The number of anilines is 1. The van der Waals surface area contributed by atoms with Crippen LogP contribution in [0.15, 0.2) is 30.6 Å². The molecule has 1 unspecified atom stereocenters. The van der Waals surface area contributed by atoms with Crippen LogP contribution in [-0.2, 0) is 15.7 Å². The van der Waals surface area contributed by atoms with Crippen LogP contribution in [0.5, 0.6) is 0 Å². The van der Waals surface area contributed by atoms with Crippen molar-refractivity contribution in [1.29, 1.82) is 0 Å². The van der Waals surface area contributed by atoms with Crippen LogP contribution < -0.4 is 5.32 Å². The molecule has 1 N–H and O–H groups in total. The third-order valence-electron chi connectivity index (χ3n) is 4.01. The number of pyridine rings is 1. The lowest BCUT2D eigenvalue weighted by Crippen LogP contribution is -2.11. The van der Waals surface area contributed by atoms with Gasteiger partial charge in [0.2, 0.25) is 0 Å². The van der Waals surface area contributed by atoms with Crippen molar-refractivity contribution in [1.82, 2.24) is 4.98 Å². The van der Waals surface area contributed by atoms with Crippen molar-refractivity contribution in [3.63, 3.8) is 0 Å². The molecule has 0 aliphatic rings. The molecule has 0 spiro atoms. The average Bonchev–Trinajstić information content (AvgIpc) is 2.55. The minimum Gasteiger partial charge on any atom is -0.458 e. The summed E-state index contributed by atoms with van der Waals surface area (Å²) >= 11 is 0. The Kier molecular flexibility index (Phi) is 9.78. The van der Waals surface area contributed by atoms with E-state index >= 15 is 0 Å². The zero-order chi connectivity index (χ0) is 19.5. The van der Waals surface area contributed by atoms with Crippen LogP contribution >= 0.6 is 24.8 Å². The molecule has 1 aromatic heterocycles. The lowest BCUT2D eigenvalue weighted by molar-refractivity contribution is -0.145. The van der Waals surface area contributed by atoms with Crippen molar-refractivity contribution in [2.75, 3.05) is 11.9 Å². The maximum Gasteiger partial charge on any atom is 0.416 e. The van der Waals surface area contributed by atoms with Crippen molar-refractivity contribution >= 4 is 36.5 Å². The van der Waals surface area contributed by atoms with E-state index in [1.54, 1.807) is 25.4 Å². The fraction of sp³-hybridized carbons (Fsp3) is 0.368. The molecule has 2 aromatic rings. The molecular formula is C19H23Cl2F3N2O2. The van der Waals surface area contributed by atoms with Gasteiger partial charge in [-0.2, -0.15) is 13.2 Å². The molecule has 9 heteroatoms. The second-order valence-corrected chi connectivity index (χ2v) is 5.95. The molecule has 0 saturated heterocycles. The summed E-state index contributed by atoms with van der Waals surface area (Å²) in [4.78, 5) is 15.3. The molecular weight excluding hydrogens is 416 g/mol. The Bertz CT molecular complexity index is 814. The van der Waals surface area contributed by atoms with Gasteiger partial charge in [0.25, 0.3) is 0 Å². The number of benzene rings is 1. The quantitative estimate of drug-likeness (QED) is 0.583. The summed E-state index contributed by atoms with van der Waals surface area (Å²) in [6.07, 6.45) is -1.78. The molecule has 156 valence electrons. The largest absolute Gasteiger partial charge is 0.458 e. The summed E-state index contributed by atoms with van der Waals surface area (Å²) in [7, 11) is 0. The highest BCUT2D eigenvalue weighted by atomic mass is 35.5. The number of ether oxygens (including phenoxy) is 1. The number of halogens is 5. The molecule has 1 atom stereocenters. The summed E-state index contributed by atoms with van der Waals surface area (Å²) in [5.41, 5.74) is 1.81. The standard InChI is InChI=1S/C19H21F3N2O2.2ClH/c1-5-24-18-11(2)17(19(20,21)22)7-6-16(18)15-8-14(9-23-10-15)12(3)26-13(4)25;;/h6-10,12,24H,5H2,1-4H3;2*1H. The molecule has 0 aliphatic heterocycles. The molecule has 0 radical (unpaired) electrons. The molecule has 0 saturated carbocycles. The zero-order valence-corrected chi connectivity index (χ0v) is 17.5. The maximum absolute atomic E-state index is 13.2. The highest BCUT2D eigenvalue weighted by Crippen LogP contribution is 2.40. The van der Waals surface area contributed by atoms with Gasteiger partial charge < -0.3 is 10.1 Å². The molecule has 2 rings (SSSR count). The number of esters is 1. The maximum atomic E-state index is 13.2.